The number of anilines is 1. The summed E-state index contributed by atoms with van der Waals surface area (Å²) in [4.78, 5) is 12.4. The maximum Gasteiger partial charge on any atom is 0.333 e. The summed E-state index contributed by atoms with van der Waals surface area (Å²) in [6, 6.07) is 0. The number of nitrogens with zero attached hydrogens (tertiary/aromatic N) is 4. The summed E-state index contributed by atoms with van der Waals surface area (Å²) in [7, 11) is 0. The fourth-order valence-electron chi connectivity index (χ4n) is 2.40. The maximum atomic E-state index is 11.2. The maximum absolute atomic E-state index is 11.2. The first-order valence-corrected chi connectivity index (χ1v) is 6.28. The highest BCUT2D eigenvalue weighted by Crippen LogP contribution is 2.33. The van der Waals surface area contributed by atoms with Gasteiger partial charge in [0, 0.05) is 19.6 Å². The van der Waals surface area contributed by atoms with E-state index < -0.39 is 17.1 Å². The molecule has 2 N–H and O–H groups in total. The second kappa shape index (κ2) is 5.14. The summed E-state index contributed by atoms with van der Waals surface area (Å²) < 4.78 is 1.58. The van der Waals surface area contributed by atoms with Crippen molar-refractivity contribution >= 4 is 11.5 Å². The van der Waals surface area contributed by atoms with Crippen LogP contribution in [-0.4, -0.2) is 50.2 Å². The van der Waals surface area contributed by atoms with Gasteiger partial charge in [-0.3, -0.25) is 10.1 Å². The van der Waals surface area contributed by atoms with Crippen LogP contribution in [0.15, 0.2) is 0 Å². The summed E-state index contributed by atoms with van der Waals surface area (Å²) >= 11 is 0. The largest absolute Gasteiger partial charge is 0.389 e. The van der Waals surface area contributed by atoms with Crippen molar-refractivity contribution < 1.29 is 15.1 Å². The summed E-state index contributed by atoms with van der Waals surface area (Å²) in [6.07, 6.45) is -0.973. The Morgan fingerprint density at radius 3 is 2.47 bits per heavy atom. The lowest BCUT2D eigenvalue weighted by molar-refractivity contribution is -0.384. The molecule has 8 nitrogen and oxygen atoms in total. The number of aryl methyl sites for hydroxylation is 2. The normalized spacial score (nSPS) is 23.1. The molecule has 106 valence electrons. The highest BCUT2D eigenvalue weighted by atomic mass is 16.6. The van der Waals surface area contributed by atoms with Crippen molar-refractivity contribution in [3.8, 4) is 0 Å². The lowest BCUT2D eigenvalue weighted by Gasteiger charge is -2.17. The van der Waals surface area contributed by atoms with Crippen LogP contribution in [0, 0.1) is 17.0 Å². The summed E-state index contributed by atoms with van der Waals surface area (Å²) in [5.41, 5.74) is 0.305. The van der Waals surface area contributed by atoms with Gasteiger partial charge in [0.05, 0.1) is 17.1 Å². The van der Waals surface area contributed by atoms with E-state index in [0.717, 1.165) is 6.42 Å². The molecule has 2 unspecified atom stereocenters. The smallest absolute Gasteiger partial charge is 0.333 e. The number of nitro groups is 1. The van der Waals surface area contributed by atoms with Crippen molar-refractivity contribution in [3.63, 3.8) is 0 Å². The average molecular weight is 270 g/mol. The second-order valence-corrected chi connectivity index (χ2v) is 4.78. The molecule has 19 heavy (non-hydrogen) atoms. The number of hydrogen-bond acceptors (Lipinski definition) is 6. The highest BCUT2D eigenvalue weighted by molar-refractivity contribution is 5.62. The molecule has 0 aromatic carbocycles. The van der Waals surface area contributed by atoms with E-state index in [9.17, 15) is 20.3 Å². The minimum absolute atomic E-state index is 0.0465. The summed E-state index contributed by atoms with van der Waals surface area (Å²) in [5.74, 6) is 0.375. The van der Waals surface area contributed by atoms with Crippen LogP contribution < -0.4 is 4.90 Å². The Morgan fingerprint density at radius 2 is 2.00 bits per heavy atom. The molecule has 1 fully saturated rings. The molecule has 0 saturated carbocycles. The number of β-amino-alcohol motifs (C(OH)–C–C–N with tert-alkyl or cyclic N) is 2. The minimum atomic E-state index is -0.884. The molecular formula is C11H18N4O4. The van der Waals surface area contributed by atoms with Crippen LogP contribution in [0.1, 0.15) is 19.0 Å². The van der Waals surface area contributed by atoms with Crippen LogP contribution >= 0.6 is 0 Å². The molecule has 1 aliphatic heterocycles. The lowest BCUT2D eigenvalue weighted by Crippen LogP contribution is -2.25. The topological polar surface area (TPSA) is 105 Å². The van der Waals surface area contributed by atoms with Crippen LogP contribution in [0.4, 0.5) is 11.5 Å². The third-order valence-corrected chi connectivity index (χ3v) is 3.25. The van der Waals surface area contributed by atoms with Gasteiger partial charge in [0.1, 0.15) is 5.69 Å². The summed E-state index contributed by atoms with van der Waals surface area (Å²) in [5, 5.41) is 34.6. The van der Waals surface area contributed by atoms with Crippen LogP contribution in [-0.2, 0) is 6.54 Å². The van der Waals surface area contributed by atoms with E-state index >= 15 is 0 Å². The van der Waals surface area contributed by atoms with Gasteiger partial charge in [0.25, 0.3) is 0 Å². The molecule has 2 heterocycles. The van der Waals surface area contributed by atoms with Gasteiger partial charge in [0.2, 0.25) is 5.82 Å². The predicted molar refractivity (Wildman–Crippen MR) is 68.1 cm³/mol. The van der Waals surface area contributed by atoms with Gasteiger partial charge in [-0.25, -0.2) is 4.68 Å². The van der Waals surface area contributed by atoms with Gasteiger partial charge in [-0.1, -0.05) is 6.92 Å². The van der Waals surface area contributed by atoms with Crippen molar-refractivity contribution in [2.45, 2.75) is 39.0 Å². The Labute approximate surface area is 110 Å². The van der Waals surface area contributed by atoms with Crippen molar-refractivity contribution in [1.82, 2.24) is 9.78 Å². The van der Waals surface area contributed by atoms with Gasteiger partial charge in [-0.05, 0) is 13.3 Å². The molecule has 0 radical (unpaired) electrons. The van der Waals surface area contributed by atoms with E-state index in [2.05, 4.69) is 5.10 Å². The number of aromatic nitrogens is 2. The van der Waals surface area contributed by atoms with E-state index in [4.69, 9.17) is 0 Å². The number of hydrogen-bond donors (Lipinski definition) is 2. The van der Waals surface area contributed by atoms with E-state index in [-0.39, 0.29) is 18.8 Å². The van der Waals surface area contributed by atoms with Crippen LogP contribution in [0.25, 0.3) is 0 Å². The zero-order chi connectivity index (χ0) is 14.2. The van der Waals surface area contributed by atoms with Crippen molar-refractivity contribution in [2.75, 3.05) is 18.0 Å². The van der Waals surface area contributed by atoms with E-state index in [1.54, 1.807) is 16.5 Å². The first kappa shape index (κ1) is 13.8. The van der Waals surface area contributed by atoms with E-state index in [1.807, 2.05) is 6.92 Å². The van der Waals surface area contributed by atoms with Gasteiger partial charge in [-0.15, -0.1) is 0 Å². The van der Waals surface area contributed by atoms with Gasteiger partial charge < -0.3 is 15.1 Å². The fourth-order valence-corrected chi connectivity index (χ4v) is 2.40. The molecule has 0 amide bonds. The number of aliphatic hydroxyl groups is 2. The fraction of sp³-hybridized carbons (Fsp3) is 0.727. The second-order valence-electron chi connectivity index (χ2n) is 4.78. The van der Waals surface area contributed by atoms with Gasteiger partial charge in [-0.2, -0.15) is 5.10 Å². The standard InChI is InChI=1S/C11H18N4O4/c1-3-4-14-11(10(15(18)19)7(2)12-14)13-5-8(16)9(17)6-13/h8-9,16-17H,3-6H2,1-2H3. The molecule has 1 aromatic heterocycles. The zero-order valence-corrected chi connectivity index (χ0v) is 11.0. The van der Waals surface area contributed by atoms with Crippen LogP contribution in [0.2, 0.25) is 0 Å². The highest BCUT2D eigenvalue weighted by Gasteiger charge is 2.37. The molecule has 0 bridgehead atoms. The van der Waals surface area contributed by atoms with Crippen molar-refractivity contribution in [3.05, 3.63) is 15.8 Å². The Hall–Kier alpha value is -1.67. The molecule has 0 spiro atoms. The molecule has 8 heteroatoms. The Balaban J connectivity index is 2.44. The summed E-state index contributed by atoms with van der Waals surface area (Å²) in [6.45, 7) is 4.47. The van der Waals surface area contributed by atoms with E-state index in [1.165, 1.54) is 0 Å². The molecular weight excluding hydrogens is 252 g/mol. The van der Waals surface area contributed by atoms with Gasteiger partial charge in [0.15, 0.2) is 0 Å². The van der Waals surface area contributed by atoms with Crippen LogP contribution in [0.3, 0.4) is 0 Å². The quantitative estimate of drug-likeness (QED) is 0.591. The molecule has 1 aromatic rings. The first-order chi connectivity index (χ1) is 8.95. The third-order valence-electron chi connectivity index (χ3n) is 3.25. The lowest BCUT2D eigenvalue weighted by atomic mass is 10.3. The molecule has 2 rings (SSSR count). The first-order valence-electron chi connectivity index (χ1n) is 6.28. The van der Waals surface area contributed by atoms with Gasteiger partial charge >= 0.3 is 5.69 Å². The predicted octanol–water partition coefficient (Wildman–Crippen LogP) is 0.0515. The molecule has 2 atom stereocenters. The van der Waals surface area contributed by atoms with Crippen molar-refractivity contribution in [1.29, 1.82) is 0 Å². The Bertz CT molecular complexity index is 477. The Morgan fingerprint density at radius 1 is 1.42 bits per heavy atom. The van der Waals surface area contributed by atoms with Crippen LogP contribution in [0.5, 0.6) is 0 Å². The molecule has 1 aliphatic rings. The third kappa shape index (κ3) is 2.41. The average Bonchev–Trinajstić information content (AvgIpc) is 2.81. The minimum Gasteiger partial charge on any atom is -0.389 e. The van der Waals surface area contributed by atoms with E-state index in [0.29, 0.717) is 18.1 Å². The van der Waals surface area contributed by atoms with Crippen molar-refractivity contribution in [2.24, 2.45) is 0 Å². The number of aliphatic hydroxyl groups excluding tert-OH is 2. The monoisotopic (exact) mass is 270 g/mol. The Kier molecular flexibility index (Phi) is 3.72. The zero-order valence-electron chi connectivity index (χ0n) is 11.0. The molecule has 0 aliphatic carbocycles. The SMILES string of the molecule is CCCn1nc(C)c([N+](=O)[O-])c1N1CC(O)C(O)C1. The molecule has 1 saturated heterocycles. The number of rotatable bonds is 4.